The first-order valence-corrected chi connectivity index (χ1v) is 8.51. The summed E-state index contributed by atoms with van der Waals surface area (Å²) in [5, 5.41) is 11.8. The molecule has 7 nitrogen and oxygen atoms in total. The van der Waals surface area contributed by atoms with Gasteiger partial charge in [0.15, 0.2) is 0 Å². The lowest BCUT2D eigenvalue weighted by atomic mass is 9.98. The fourth-order valence-electron chi connectivity index (χ4n) is 2.90. The van der Waals surface area contributed by atoms with Gasteiger partial charge in [-0.05, 0) is 18.4 Å². The summed E-state index contributed by atoms with van der Waals surface area (Å²) in [6.07, 6.45) is 1.49. The van der Waals surface area contributed by atoms with E-state index in [1.54, 1.807) is 16.8 Å². The second-order valence-corrected chi connectivity index (χ2v) is 6.34. The Morgan fingerprint density at radius 3 is 2.68 bits per heavy atom. The number of hydrogen-bond donors (Lipinski definition) is 2. The van der Waals surface area contributed by atoms with Crippen molar-refractivity contribution < 1.29 is 19.5 Å². The van der Waals surface area contributed by atoms with Crippen LogP contribution in [-0.4, -0.2) is 59.5 Å². The molecule has 2 N–H and O–H groups in total. The van der Waals surface area contributed by atoms with Crippen LogP contribution in [-0.2, 0) is 16.1 Å². The number of rotatable bonds is 6. The number of urea groups is 1. The summed E-state index contributed by atoms with van der Waals surface area (Å²) in [4.78, 5) is 38.4. The second-order valence-electron chi connectivity index (χ2n) is 6.34. The maximum absolute atomic E-state index is 12.2. The van der Waals surface area contributed by atoms with Gasteiger partial charge in [0.25, 0.3) is 0 Å². The first-order chi connectivity index (χ1) is 12.0. The van der Waals surface area contributed by atoms with E-state index in [-0.39, 0.29) is 31.4 Å². The van der Waals surface area contributed by atoms with E-state index >= 15 is 0 Å². The topological polar surface area (TPSA) is 90.0 Å². The molecular weight excluding hydrogens is 322 g/mol. The van der Waals surface area contributed by atoms with Crippen LogP contribution in [0.15, 0.2) is 30.3 Å². The van der Waals surface area contributed by atoms with Gasteiger partial charge in [-0.15, -0.1) is 0 Å². The van der Waals surface area contributed by atoms with E-state index in [4.69, 9.17) is 5.11 Å². The van der Waals surface area contributed by atoms with Gasteiger partial charge in [0.05, 0.1) is 5.92 Å². The molecule has 0 spiro atoms. The van der Waals surface area contributed by atoms with Crippen molar-refractivity contribution >= 4 is 17.9 Å². The first kappa shape index (κ1) is 18.8. The van der Waals surface area contributed by atoms with Crippen LogP contribution in [0.4, 0.5) is 4.79 Å². The van der Waals surface area contributed by atoms with Gasteiger partial charge in [-0.3, -0.25) is 9.59 Å². The molecule has 0 radical (unpaired) electrons. The molecule has 1 atom stereocenters. The lowest BCUT2D eigenvalue weighted by Crippen LogP contribution is -2.44. The SMILES string of the molecule is CN(Cc1ccccc1)C(=O)NCCC(=O)N1CCCC(C(=O)O)C1. The maximum atomic E-state index is 12.2. The predicted molar refractivity (Wildman–Crippen MR) is 92.9 cm³/mol. The van der Waals surface area contributed by atoms with Crippen LogP contribution in [0.2, 0.25) is 0 Å². The van der Waals surface area contributed by atoms with Gasteiger partial charge in [0.2, 0.25) is 5.91 Å². The Labute approximate surface area is 147 Å². The van der Waals surface area contributed by atoms with E-state index in [0.717, 1.165) is 5.56 Å². The van der Waals surface area contributed by atoms with E-state index in [1.807, 2.05) is 30.3 Å². The minimum Gasteiger partial charge on any atom is -0.481 e. The average Bonchev–Trinajstić information content (AvgIpc) is 2.62. The van der Waals surface area contributed by atoms with Crippen molar-refractivity contribution in [2.24, 2.45) is 5.92 Å². The molecule has 1 aromatic carbocycles. The molecule has 136 valence electrons. The van der Waals surface area contributed by atoms with Gasteiger partial charge < -0.3 is 20.2 Å². The number of hydrogen-bond acceptors (Lipinski definition) is 3. The number of likely N-dealkylation sites (tertiary alicyclic amines) is 1. The van der Waals surface area contributed by atoms with Crippen molar-refractivity contribution in [1.29, 1.82) is 0 Å². The summed E-state index contributed by atoms with van der Waals surface area (Å²) in [6, 6.07) is 9.42. The zero-order valence-electron chi connectivity index (χ0n) is 14.5. The molecule has 1 fully saturated rings. The molecule has 0 aromatic heterocycles. The summed E-state index contributed by atoms with van der Waals surface area (Å²) >= 11 is 0. The zero-order valence-corrected chi connectivity index (χ0v) is 14.5. The summed E-state index contributed by atoms with van der Waals surface area (Å²) in [7, 11) is 1.70. The van der Waals surface area contributed by atoms with E-state index in [0.29, 0.717) is 25.9 Å². The molecule has 1 unspecified atom stereocenters. The highest BCUT2D eigenvalue weighted by Gasteiger charge is 2.27. The molecule has 1 aromatic rings. The predicted octanol–water partition coefficient (Wildman–Crippen LogP) is 1.54. The highest BCUT2D eigenvalue weighted by atomic mass is 16.4. The van der Waals surface area contributed by atoms with Crippen molar-refractivity contribution in [2.75, 3.05) is 26.7 Å². The Bertz CT molecular complexity index is 606. The molecular formula is C18H25N3O4. The van der Waals surface area contributed by atoms with Crippen LogP contribution in [0.25, 0.3) is 0 Å². The number of carbonyl (C=O) groups is 3. The van der Waals surface area contributed by atoms with Gasteiger partial charge in [-0.2, -0.15) is 0 Å². The lowest BCUT2D eigenvalue weighted by Gasteiger charge is -2.30. The standard InChI is InChI=1S/C18H25N3O4/c1-20(12-14-6-3-2-4-7-14)18(25)19-10-9-16(22)21-11-5-8-15(13-21)17(23)24/h2-4,6-7,15H,5,8-13H2,1H3,(H,19,25)(H,23,24). The van der Waals surface area contributed by atoms with E-state index < -0.39 is 11.9 Å². The highest BCUT2D eigenvalue weighted by Crippen LogP contribution is 2.17. The summed E-state index contributed by atoms with van der Waals surface area (Å²) in [5.74, 6) is -1.45. The van der Waals surface area contributed by atoms with Crippen LogP contribution < -0.4 is 5.32 Å². The lowest BCUT2D eigenvalue weighted by molar-refractivity contribution is -0.145. The van der Waals surface area contributed by atoms with Gasteiger partial charge in [-0.1, -0.05) is 30.3 Å². The zero-order chi connectivity index (χ0) is 18.2. The normalized spacial score (nSPS) is 17.0. The number of piperidine rings is 1. The third kappa shape index (κ3) is 5.77. The fourth-order valence-corrected chi connectivity index (χ4v) is 2.90. The van der Waals surface area contributed by atoms with Gasteiger partial charge in [0.1, 0.15) is 0 Å². The minimum absolute atomic E-state index is 0.114. The second kappa shape index (κ2) is 9.05. The summed E-state index contributed by atoms with van der Waals surface area (Å²) in [6.45, 7) is 1.58. The molecule has 1 aliphatic rings. The molecule has 7 heteroatoms. The molecule has 1 heterocycles. The number of carbonyl (C=O) groups excluding carboxylic acids is 2. The van der Waals surface area contributed by atoms with Crippen molar-refractivity contribution in [1.82, 2.24) is 15.1 Å². The molecule has 1 aliphatic heterocycles. The Kier molecular flexibility index (Phi) is 6.80. The van der Waals surface area contributed by atoms with Crippen molar-refractivity contribution in [3.63, 3.8) is 0 Å². The number of carboxylic acids is 1. The maximum Gasteiger partial charge on any atom is 0.317 e. The van der Waals surface area contributed by atoms with Crippen LogP contribution in [0.1, 0.15) is 24.8 Å². The number of benzene rings is 1. The largest absolute Gasteiger partial charge is 0.481 e. The van der Waals surface area contributed by atoms with Crippen LogP contribution in [0.3, 0.4) is 0 Å². The van der Waals surface area contributed by atoms with Crippen molar-refractivity contribution in [3.05, 3.63) is 35.9 Å². The monoisotopic (exact) mass is 347 g/mol. The number of amides is 3. The summed E-state index contributed by atoms with van der Waals surface area (Å²) < 4.78 is 0. The fraction of sp³-hybridized carbons (Fsp3) is 0.500. The number of aliphatic carboxylic acids is 1. The molecule has 0 bridgehead atoms. The Balaban J connectivity index is 1.71. The van der Waals surface area contributed by atoms with Crippen LogP contribution >= 0.6 is 0 Å². The highest BCUT2D eigenvalue weighted by molar-refractivity contribution is 5.79. The van der Waals surface area contributed by atoms with E-state index in [9.17, 15) is 14.4 Å². The number of nitrogens with one attached hydrogen (secondary N) is 1. The Morgan fingerprint density at radius 2 is 2.00 bits per heavy atom. The Morgan fingerprint density at radius 1 is 1.28 bits per heavy atom. The molecule has 0 saturated carbocycles. The molecule has 0 aliphatic carbocycles. The van der Waals surface area contributed by atoms with Gasteiger partial charge in [-0.25, -0.2) is 4.79 Å². The van der Waals surface area contributed by atoms with E-state index in [1.165, 1.54) is 0 Å². The van der Waals surface area contributed by atoms with Gasteiger partial charge in [0, 0.05) is 39.6 Å². The Hall–Kier alpha value is -2.57. The third-order valence-corrected chi connectivity index (χ3v) is 4.35. The molecule has 3 amide bonds. The minimum atomic E-state index is -0.853. The van der Waals surface area contributed by atoms with Crippen molar-refractivity contribution in [2.45, 2.75) is 25.8 Å². The number of nitrogens with zero attached hydrogens (tertiary/aromatic N) is 2. The molecule has 25 heavy (non-hydrogen) atoms. The van der Waals surface area contributed by atoms with Crippen LogP contribution in [0.5, 0.6) is 0 Å². The van der Waals surface area contributed by atoms with E-state index in [2.05, 4.69) is 5.32 Å². The van der Waals surface area contributed by atoms with Gasteiger partial charge >= 0.3 is 12.0 Å². The third-order valence-electron chi connectivity index (χ3n) is 4.35. The number of carboxylic acid groups (broad SMARTS) is 1. The first-order valence-electron chi connectivity index (χ1n) is 8.51. The molecule has 1 saturated heterocycles. The molecule has 2 rings (SSSR count). The smallest absolute Gasteiger partial charge is 0.317 e. The van der Waals surface area contributed by atoms with Crippen LogP contribution in [0, 0.1) is 5.92 Å². The average molecular weight is 347 g/mol. The van der Waals surface area contributed by atoms with Crippen molar-refractivity contribution in [3.8, 4) is 0 Å². The quantitative estimate of drug-likeness (QED) is 0.817. The summed E-state index contributed by atoms with van der Waals surface area (Å²) in [5.41, 5.74) is 1.03.